The summed E-state index contributed by atoms with van der Waals surface area (Å²) in [5.41, 5.74) is 1.00. The molecule has 25 heavy (non-hydrogen) atoms. The van der Waals surface area contributed by atoms with Crippen LogP contribution in [0.2, 0.25) is 0 Å². The van der Waals surface area contributed by atoms with E-state index in [4.69, 9.17) is 9.47 Å². The fourth-order valence-corrected chi connectivity index (χ4v) is 4.02. The number of benzene rings is 1. The zero-order valence-corrected chi connectivity index (χ0v) is 16.5. The molecule has 1 aromatic carbocycles. The van der Waals surface area contributed by atoms with Crippen LogP contribution in [-0.2, 0) is 10.5 Å². The van der Waals surface area contributed by atoms with Gasteiger partial charge in [-0.25, -0.2) is 0 Å². The van der Waals surface area contributed by atoms with Gasteiger partial charge in [-0.2, -0.15) is 0 Å². The predicted molar refractivity (Wildman–Crippen MR) is 106 cm³/mol. The molecule has 1 N–H and O–H groups in total. The number of thiophene rings is 1. The van der Waals surface area contributed by atoms with E-state index in [9.17, 15) is 4.79 Å². The lowest BCUT2D eigenvalue weighted by Gasteiger charge is -2.17. The van der Waals surface area contributed by atoms with Crippen LogP contribution in [0.3, 0.4) is 0 Å². The minimum absolute atomic E-state index is 0.0425. The normalized spacial score (nSPS) is 11.8. The van der Waals surface area contributed by atoms with Crippen LogP contribution in [-0.4, -0.2) is 24.9 Å². The number of carbonyl (C=O) groups is 1. The summed E-state index contributed by atoms with van der Waals surface area (Å²) >= 11 is 3.35. The molecule has 1 heterocycles. The van der Waals surface area contributed by atoms with Gasteiger partial charge in [0.1, 0.15) is 0 Å². The van der Waals surface area contributed by atoms with Crippen LogP contribution in [0.1, 0.15) is 37.3 Å². The zero-order chi connectivity index (χ0) is 18.1. The van der Waals surface area contributed by atoms with Crippen LogP contribution in [0.25, 0.3) is 0 Å². The molecule has 0 fully saturated rings. The average molecular weight is 380 g/mol. The van der Waals surface area contributed by atoms with Crippen molar-refractivity contribution in [2.24, 2.45) is 0 Å². The molecule has 2 aromatic rings. The summed E-state index contributed by atoms with van der Waals surface area (Å²) in [7, 11) is 0. The maximum Gasteiger partial charge on any atom is 0.230 e. The van der Waals surface area contributed by atoms with Gasteiger partial charge in [-0.05, 0) is 49.9 Å². The van der Waals surface area contributed by atoms with Crippen LogP contribution in [0.5, 0.6) is 11.5 Å². The van der Waals surface area contributed by atoms with Crippen LogP contribution < -0.4 is 14.8 Å². The molecule has 0 spiro atoms. The first kappa shape index (κ1) is 19.7. The van der Waals surface area contributed by atoms with Gasteiger partial charge in [0.05, 0.1) is 25.0 Å². The van der Waals surface area contributed by atoms with E-state index in [-0.39, 0.29) is 11.9 Å². The van der Waals surface area contributed by atoms with Gasteiger partial charge >= 0.3 is 0 Å². The van der Waals surface area contributed by atoms with Crippen molar-refractivity contribution in [2.75, 3.05) is 19.0 Å². The van der Waals surface area contributed by atoms with E-state index in [0.717, 1.165) is 22.8 Å². The molecule has 0 aliphatic carbocycles. The molecule has 0 saturated carbocycles. The third-order valence-electron chi connectivity index (χ3n) is 3.50. The second-order valence-electron chi connectivity index (χ2n) is 5.43. The quantitative estimate of drug-likeness (QED) is 0.652. The monoisotopic (exact) mass is 379 g/mol. The fraction of sp³-hybridized carbons (Fsp3) is 0.421. The maximum atomic E-state index is 12.2. The molecule has 6 heteroatoms. The third kappa shape index (κ3) is 6.29. The molecule has 0 bridgehead atoms. The lowest BCUT2D eigenvalue weighted by atomic mass is 10.1. The molecule has 1 unspecified atom stereocenters. The summed E-state index contributed by atoms with van der Waals surface area (Å²) in [4.78, 5) is 13.4. The molecule has 1 amide bonds. The summed E-state index contributed by atoms with van der Waals surface area (Å²) in [5, 5.41) is 5.10. The number of nitrogens with one attached hydrogen (secondary N) is 1. The lowest BCUT2D eigenvalue weighted by Crippen LogP contribution is -2.28. The van der Waals surface area contributed by atoms with Crippen LogP contribution in [0.15, 0.2) is 35.7 Å². The van der Waals surface area contributed by atoms with Crippen LogP contribution >= 0.6 is 23.1 Å². The Bertz CT molecular complexity index is 659. The molecule has 136 valence electrons. The molecular formula is C19H25NO3S2. The number of hydrogen-bond acceptors (Lipinski definition) is 5. The average Bonchev–Trinajstić information content (AvgIpc) is 3.10. The summed E-state index contributed by atoms with van der Waals surface area (Å²) in [6.07, 6.45) is 0. The molecule has 4 nitrogen and oxygen atoms in total. The minimum Gasteiger partial charge on any atom is -0.490 e. The van der Waals surface area contributed by atoms with E-state index in [1.807, 2.05) is 45.0 Å². The molecular weight excluding hydrogens is 354 g/mol. The summed E-state index contributed by atoms with van der Waals surface area (Å²) in [5.74, 6) is 2.82. The van der Waals surface area contributed by atoms with Crippen molar-refractivity contribution >= 4 is 29.0 Å². The maximum absolute atomic E-state index is 12.2. The van der Waals surface area contributed by atoms with Gasteiger partial charge in [-0.3, -0.25) is 4.79 Å². The van der Waals surface area contributed by atoms with Gasteiger partial charge in [0.25, 0.3) is 0 Å². The topological polar surface area (TPSA) is 47.6 Å². The number of ether oxygens (including phenoxy) is 2. The largest absolute Gasteiger partial charge is 0.490 e. The molecule has 0 aliphatic rings. The number of hydrogen-bond donors (Lipinski definition) is 1. The standard InChI is InChI=1S/C19H25NO3S2/c1-4-22-17-9-8-15(11-18(17)23-5-2)14(3)20-19(21)13-24-12-16-7-6-10-25-16/h6-11,14H,4-5,12-13H2,1-3H3,(H,20,21). The van der Waals surface area contributed by atoms with Crippen LogP contribution in [0.4, 0.5) is 0 Å². The van der Waals surface area contributed by atoms with E-state index in [1.54, 1.807) is 23.1 Å². The highest BCUT2D eigenvalue weighted by atomic mass is 32.2. The first-order valence-corrected chi connectivity index (χ1v) is 10.5. The van der Waals surface area contributed by atoms with Crippen molar-refractivity contribution < 1.29 is 14.3 Å². The SMILES string of the molecule is CCOc1ccc(C(C)NC(=O)CSCc2cccs2)cc1OCC. The Labute approximate surface area is 157 Å². The van der Waals surface area contributed by atoms with Gasteiger partial charge in [0.15, 0.2) is 11.5 Å². The van der Waals surface area contributed by atoms with Crippen molar-refractivity contribution in [1.82, 2.24) is 5.32 Å². The van der Waals surface area contributed by atoms with Gasteiger partial charge in [0.2, 0.25) is 5.91 Å². The highest BCUT2D eigenvalue weighted by Crippen LogP contribution is 2.30. The summed E-state index contributed by atoms with van der Waals surface area (Å²) < 4.78 is 11.2. The predicted octanol–water partition coefficient (Wildman–Crippen LogP) is 4.66. The van der Waals surface area contributed by atoms with Gasteiger partial charge in [0, 0.05) is 10.6 Å². The first-order valence-electron chi connectivity index (χ1n) is 8.43. The Hall–Kier alpha value is -1.66. The van der Waals surface area contributed by atoms with Crippen LogP contribution in [0, 0.1) is 0 Å². The summed E-state index contributed by atoms with van der Waals surface area (Å²) in [6.45, 7) is 7.03. The Morgan fingerprint density at radius 2 is 1.96 bits per heavy atom. The fourth-order valence-electron chi connectivity index (χ4n) is 2.34. The van der Waals surface area contributed by atoms with Crippen molar-refractivity contribution in [3.05, 3.63) is 46.2 Å². The lowest BCUT2D eigenvalue weighted by molar-refractivity contribution is -0.119. The zero-order valence-electron chi connectivity index (χ0n) is 14.9. The number of rotatable bonds is 10. The molecule has 2 rings (SSSR count). The van der Waals surface area contributed by atoms with E-state index < -0.39 is 0 Å². The van der Waals surface area contributed by atoms with E-state index in [1.165, 1.54) is 4.88 Å². The van der Waals surface area contributed by atoms with E-state index in [0.29, 0.717) is 19.0 Å². The molecule has 1 atom stereocenters. The smallest absolute Gasteiger partial charge is 0.230 e. The summed E-state index contributed by atoms with van der Waals surface area (Å²) in [6, 6.07) is 9.86. The number of amides is 1. The molecule has 0 radical (unpaired) electrons. The molecule has 0 aliphatic heterocycles. The second-order valence-corrected chi connectivity index (χ2v) is 7.45. The number of carbonyl (C=O) groups excluding carboxylic acids is 1. The molecule has 0 saturated heterocycles. The Balaban J connectivity index is 1.89. The second kappa shape index (κ2) is 10.4. The van der Waals surface area contributed by atoms with Gasteiger partial charge < -0.3 is 14.8 Å². The highest BCUT2D eigenvalue weighted by molar-refractivity contribution is 7.99. The van der Waals surface area contributed by atoms with Crippen molar-refractivity contribution in [1.29, 1.82) is 0 Å². The first-order chi connectivity index (χ1) is 12.1. The third-order valence-corrected chi connectivity index (χ3v) is 5.54. The highest BCUT2D eigenvalue weighted by Gasteiger charge is 2.13. The van der Waals surface area contributed by atoms with Gasteiger partial charge in [-0.1, -0.05) is 12.1 Å². The molecule has 1 aromatic heterocycles. The van der Waals surface area contributed by atoms with Crippen molar-refractivity contribution in [3.63, 3.8) is 0 Å². The Kier molecular flexibility index (Phi) is 8.15. The van der Waals surface area contributed by atoms with Gasteiger partial charge in [-0.15, -0.1) is 23.1 Å². The van der Waals surface area contributed by atoms with E-state index >= 15 is 0 Å². The van der Waals surface area contributed by atoms with E-state index in [2.05, 4.69) is 16.8 Å². The van der Waals surface area contributed by atoms with Crippen molar-refractivity contribution in [3.8, 4) is 11.5 Å². The minimum atomic E-state index is -0.0790. The van der Waals surface area contributed by atoms with Crippen molar-refractivity contribution in [2.45, 2.75) is 32.6 Å². The number of thioether (sulfide) groups is 1. The Morgan fingerprint density at radius 1 is 1.20 bits per heavy atom. The Morgan fingerprint density at radius 3 is 2.64 bits per heavy atom.